The number of benzene rings is 1. The van der Waals surface area contributed by atoms with Crippen molar-refractivity contribution in [2.45, 2.75) is 42.8 Å². The minimum absolute atomic E-state index is 0.0621. The van der Waals surface area contributed by atoms with Gasteiger partial charge in [0.05, 0.1) is 26.0 Å². The minimum atomic E-state index is -3.90. The van der Waals surface area contributed by atoms with Crippen LogP contribution in [0.3, 0.4) is 0 Å². The van der Waals surface area contributed by atoms with Crippen molar-refractivity contribution >= 4 is 27.5 Å². The molecule has 158 valence electrons. The smallest absolute Gasteiger partial charge is 0.246 e. The summed E-state index contributed by atoms with van der Waals surface area (Å²) >= 11 is 0. The Labute approximate surface area is 169 Å². The third-order valence-electron chi connectivity index (χ3n) is 5.60. The van der Waals surface area contributed by atoms with E-state index in [4.69, 9.17) is 14.2 Å². The van der Waals surface area contributed by atoms with E-state index < -0.39 is 15.8 Å². The number of hydrogen-bond donors (Lipinski definition) is 0. The molecule has 3 aliphatic heterocycles. The fourth-order valence-electron chi connectivity index (χ4n) is 4.04. The summed E-state index contributed by atoms with van der Waals surface area (Å²) in [5.41, 5.74) is 0.245. The third kappa shape index (κ3) is 3.65. The van der Waals surface area contributed by atoms with Gasteiger partial charge in [0, 0.05) is 38.8 Å². The van der Waals surface area contributed by atoms with Crippen LogP contribution in [0.25, 0.3) is 0 Å². The second kappa shape index (κ2) is 7.67. The number of piperidine rings is 2. The quantitative estimate of drug-likeness (QED) is 0.671. The molecule has 0 aromatic heterocycles. The van der Waals surface area contributed by atoms with E-state index in [9.17, 15) is 18.0 Å². The number of carbonyl (C=O) groups excluding carboxylic acids is 2. The summed E-state index contributed by atoms with van der Waals surface area (Å²) in [6.07, 6.45) is 1.91. The van der Waals surface area contributed by atoms with Crippen molar-refractivity contribution in [1.29, 1.82) is 0 Å². The number of anilines is 1. The molecule has 0 unspecified atom stereocenters. The maximum absolute atomic E-state index is 13.3. The Hall–Kier alpha value is -2.01. The van der Waals surface area contributed by atoms with Crippen LogP contribution < -0.4 is 9.64 Å². The molecule has 0 saturated carbocycles. The average Bonchev–Trinajstić information content (AvgIpc) is 3.16. The first kappa shape index (κ1) is 20.3. The molecule has 1 spiro atoms. The van der Waals surface area contributed by atoms with Gasteiger partial charge in [-0.25, -0.2) is 8.42 Å². The van der Waals surface area contributed by atoms with E-state index in [1.54, 1.807) is 0 Å². The van der Waals surface area contributed by atoms with E-state index in [0.717, 1.165) is 4.90 Å². The van der Waals surface area contributed by atoms with E-state index in [-0.39, 0.29) is 54.1 Å². The van der Waals surface area contributed by atoms with Gasteiger partial charge in [-0.05, 0) is 24.6 Å². The van der Waals surface area contributed by atoms with Crippen LogP contribution in [-0.2, 0) is 29.1 Å². The lowest BCUT2D eigenvalue weighted by Gasteiger charge is -2.37. The number of nitrogens with zero attached hydrogens (tertiary/aromatic N) is 2. The van der Waals surface area contributed by atoms with Crippen LogP contribution >= 0.6 is 0 Å². The zero-order chi connectivity index (χ0) is 20.6. The van der Waals surface area contributed by atoms with Crippen LogP contribution in [0.2, 0.25) is 0 Å². The summed E-state index contributed by atoms with van der Waals surface area (Å²) in [6.45, 7) is 1.52. The molecular weight excluding hydrogens is 400 g/mol. The van der Waals surface area contributed by atoms with E-state index >= 15 is 0 Å². The average molecular weight is 424 g/mol. The van der Waals surface area contributed by atoms with Crippen molar-refractivity contribution in [2.75, 3.05) is 38.3 Å². The maximum Gasteiger partial charge on any atom is 0.246 e. The summed E-state index contributed by atoms with van der Waals surface area (Å²) in [7, 11) is -2.51. The molecule has 0 aliphatic carbocycles. The van der Waals surface area contributed by atoms with Gasteiger partial charge in [-0.3, -0.25) is 14.5 Å². The molecule has 1 aromatic rings. The molecule has 0 radical (unpaired) electrons. The Morgan fingerprint density at radius 3 is 2.24 bits per heavy atom. The Kier molecular flexibility index (Phi) is 5.36. The fourth-order valence-corrected chi connectivity index (χ4v) is 5.66. The molecule has 3 heterocycles. The topological polar surface area (TPSA) is 102 Å². The van der Waals surface area contributed by atoms with Crippen LogP contribution in [0.1, 0.15) is 32.1 Å². The van der Waals surface area contributed by atoms with Gasteiger partial charge in [0.1, 0.15) is 10.6 Å². The highest BCUT2D eigenvalue weighted by molar-refractivity contribution is 7.89. The summed E-state index contributed by atoms with van der Waals surface area (Å²) in [5.74, 6) is -1.18. The number of ether oxygens (including phenoxy) is 3. The van der Waals surface area contributed by atoms with Gasteiger partial charge in [0.25, 0.3) is 0 Å². The van der Waals surface area contributed by atoms with Crippen molar-refractivity contribution in [3.8, 4) is 5.75 Å². The van der Waals surface area contributed by atoms with E-state index in [1.807, 2.05) is 0 Å². The Balaban J connectivity index is 1.64. The summed E-state index contributed by atoms with van der Waals surface area (Å²) < 4.78 is 44.7. The van der Waals surface area contributed by atoms with Crippen LogP contribution in [0.5, 0.6) is 5.75 Å². The largest absolute Gasteiger partial charge is 0.495 e. The number of rotatable bonds is 4. The number of imide groups is 1. The fraction of sp³-hybridized carbons (Fsp3) is 0.579. The van der Waals surface area contributed by atoms with E-state index in [0.29, 0.717) is 32.5 Å². The molecule has 3 saturated heterocycles. The number of sulfonamides is 1. The molecule has 2 amide bonds. The first-order valence-corrected chi connectivity index (χ1v) is 11.1. The molecule has 1 aromatic carbocycles. The monoisotopic (exact) mass is 424 g/mol. The van der Waals surface area contributed by atoms with Crippen LogP contribution in [-0.4, -0.2) is 63.7 Å². The lowest BCUT2D eigenvalue weighted by atomic mass is 10.1. The van der Waals surface area contributed by atoms with Gasteiger partial charge in [-0.2, -0.15) is 4.31 Å². The SMILES string of the molecule is COc1ccc(N2C(=O)CCCC2=O)cc1S(=O)(=O)N1CCC2(CC1)OCCO2. The van der Waals surface area contributed by atoms with E-state index in [1.165, 1.54) is 29.6 Å². The van der Waals surface area contributed by atoms with Crippen molar-refractivity contribution in [2.24, 2.45) is 0 Å². The number of methoxy groups -OCH3 is 1. The zero-order valence-corrected chi connectivity index (χ0v) is 17.1. The molecule has 3 fully saturated rings. The highest BCUT2D eigenvalue weighted by Crippen LogP contribution is 2.37. The molecule has 9 nitrogen and oxygen atoms in total. The lowest BCUT2D eigenvalue weighted by Crippen LogP contribution is -2.47. The van der Waals surface area contributed by atoms with E-state index in [2.05, 4.69) is 0 Å². The molecule has 0 N–H and O–H groups in total. The van der Waals surface area contributed by atoms with Crippen molar-refractivity contribution < 1.29 is 32.2 Å². The molecule has 4 rings (SSSR count). The summed E-state index contributed by atoms with van der Waals surface area (Å²) in [4.78, 5) is 25.5. The van der Waals surface area contributed by atoms with Crippen LogP contribution in [0.15, 0.2) is 23.1 Å². The van der Waals surface area contributed by atoms with Gasteiger partial charge in [-0.1, -0.05) is 0 Å². The van der Waals surface area contributed by atoms with Gasteiger partial charge >= 0.3 is 0 Å². The highest BCUT2D eigenvalue weighted by atomic mass is 32.2. The van der Waals surface area contributed by atoms with Crippen LogP contribution in [0, 0.1) is 0 Å². The van der Waals surface area contributed by atoms with Crippen molar-refractivity contribution in [3.63, 3.8) is 0 Å². The predicted octanol–water partition coefficient (Wildman–Crippen LogP) is 1.27. The summed E-state index contributed by atoms with van der Waals surface area (Å²) in [5, 5.41) is 0. The first-order chi connectivity index (χ1) is 13.9. The molecule has 0 atom stereocenters. The minimum Gasteiger partial charge on any atom is -0.495 e. The third-order valence-corrected chi connectivity index (χ3v) is 7.52. The van der Waals surface area contributed by atoms with Gasteiger partial charge < -0.3 is 14.2 Å². The second-order valence-electron chi connectivity index (χ2n) is 7.32. The Morgan fingerprint density at radius 1 is 1.03 bits per heavy atom. The van der Waals surface area contributed by atoms with Gasteiger partial charge in [-0.15, -0.1) is 0 Å². The molecular formula is C19H24N2O7S. The lowest BCUT2D eigenvalue weighted by molar-refractivity contribution is -0.179. The predicted molar refractivity (Wildman–Crippen MR) is 102 cm³/mol. The maximum atomic E-state index is 13.3. The van der Waals surface area contributed by atoms with Gasteiger partial charge in [0.2, 0.25) is 21.8 Å². The molecule has 29 heavy (non-hydrogen) atoms. The van der Waals surface area contributed by atoms with Crippen molar-refractivity contribution in [3.05, 3.63) is 18.2 Å². The normalized spacial score (nSPS) is 23.0. The molecule has 3 aliphatic rings. The number of amides is 2. The Bertz CT molecular complexity index is 898. The standard InChI is InChI=1S/C19H24N2O7S/c1-26-15-6-5-14(21-17(22)3-2-4-18(21)23)13-16(15)29(24,25)20-9-7-19(8-10-20)27-11-12-28-19/h5-6,13H,2-4,7-12H2,1H3. The molecule has 0 bridgehead atoms. The highest BCUT2D eigenvalue weighted by Gasteiger charge is 2.43. The summed E-state index contributed by atoms with van der Waals surface area (Å²) in [6, 6.07) is 4.36. The van der Waals surface area contributed by atoms with Gasteiger partial charge in [0.15, 0.2) is 5.79 Å². The van der Waals surface area contributed by atoms with Crippen LogP contribution in [0.4, 0.5) is 5.69 Å². The number of hydrogen-bond acceptors (Lipinski definition) is 7. The van der Waals surface area contributed by atoms with Crippen molar-refractivity contribution in [1.82, 2.24) is 4.31 Å². The second-order valence-corrected chi connectivity index (χ2v) is 9.23. The zero-order valence-electron chi connectivity index (χ0n) is 16.3. The number of carbonyl (C=O) groups is 2. The first-order valence-electron chi connectivity index (χ1n) is 9.68. The Morgan fingerprint density at radius 2 is 1.66 bits per heavy atom. The molecule has 10 heteroatoms.